The highest BCUT2D eigenvalue weighted by molar-refractivity contribution is 14.0. The first-order valence-electron chi connectivity index (χ1n) is 10.4. The van der Waals surface area contributed by atoms with Gasteiger partial charge >= 0.3 is 0 Å². The number of rotatable bonds is 9. The summed E-state index contributed by atoms with van der Waals surface area (Å²) in [5.74, 6) is 1.60. The Bertz CT molecular complexity index is 637. The number of aliphatic hydroxyl groups is 1. The van der Waals surface area contributed by atoms with Gasteiger partial charge in [-0.2, -0.15) is 0 Å². The molecule has 1 heterocycles. The van der Waals surface area contributed by atoms with Gasteiger partial charge in [-0.05, 0) is 43.4 Å². The van der Waals surface area contributed by atoms with Gasteiger partial charge in [-0.25, -0.2) is 0 Å². The molecule has 0 radical (unpaired) electrons. The number of hydrogen-bond acceptors (Lipinski definition) is 4. The molecule has 1 aliphatic carbocycles. The third-order valence-electron chi connectivity index (χ3n) is 5.11. The summed E-state index contributed by atoms with van der Waals surface area (Å²) in [6.45, 7) is 9.10. The Labute approximate surface area is 196 Å². The van der Waals surface area contributed by atoms with Gasteiger partial charge in [0.2, 0.25) is 0 Å². The largest absolute Gasteiger partial charge is 0.389 e. The SMILES string of the molecule is CCNC(=NCC(O)COCC1CC1)N1CCN(Cc2cccc(Cl)c2)CC1.I. The number of nitrogens with one attached hydrogen (secondary N) is 1. The molecule has 8 heteroatoms. The molecule has 1 atom stereocenters. The first kappa shape index (κ1) is 24.7. The second-order valence-corrected chi connectivity index (χ2v) is 8.16. The van der Waals surface area contributed by atoms with Crippen molar-refractivity contribution < 1.29 is 9.84 Å². The third kappa shape index (κ3) is 8.96. The number of piperazine rings is 1. The zero-order chi connectivity index (χ0) is 19.8. The molecule has 2 N–H and O–H groups in total. The first-order valence-corrected chi connectivity index (χ1v) is 10.8. The van der Waals surface area contributed by atoms with E-state index in [4.69, 9.17) is 16.3 Å². The average molecular weight is 537 g/mol. The summed E-state index contributed by atoms with van der Waals surface area (Å²) in [6.07, 6.45) is 1.99. The zero-order valence-corrected chi connectivity index (χ0v) is 20.3. The van der Waals surface area contributed by atoms with E-state index in [1.165, 1.54) is 18.4 Å². The Morgan fingerprint density at radius 3 is 2.72 bits per heavy atom. The summed E-state index contributed by atoms with van der Waals surface area (Å²) in [6, 6.07) is 8.07. The fourth-order valence-electron chi connectivity index (χ4n) is 3.34. The van der Waals surface area contributed by atoms with Crippen LogP contribution in [0.25, 0.3) is 0 Å². The molecular weight excluding hydrogens is 503 g/mol. The molecule has 1 aromatic rings. The smallest absolute Gasteiger partial charge is 0.194 e. The summed E-state index contributed by atoms with van der Waals surface area (Å²) in [5.41, 5.74) is 1.25. The molecule has 164 valence electrons. The van der Waals surface area contributed by atoms with Gasteiger partial charge in [0, 0.05) is 50.9 Å². The number of guanidine groups is 1. The van der Waals surface area contributed by atoms with Gasteiger partial charge in [-0.1, -0.05) is 23.7 Å². The minimum absolute atomic E-state index is 0. The van der Waals surface area contributed by atoms with Gasteiger partial charge in [0.05, 0.1) is 19.3 Å². The van der Waals surface area contributed by atoms with Gasteiger partial charge in [0.1, 0.15) is 0 Å². The van der Waals surface area contributed by atoms with E-state index in [0.29, 0.717) is 13.2 Å². The van der Waals surface area contributed by atoms with E-state index >= 15 is 0 Å². The lowest BCUT2D eigenvalue weighted by molar-refractivity contribution is 0.0367. The van der Waals surface area contributed by atoms with Crippen molar-refractivity contribution in [2.75, 3.05) is 52.5 Å². The summed E-state index contributed by atoms with van der Waals surface area (Å²) in [4.78, 5) is 9.35. The van der Waals surface area contributed by atoms with E-state index in [0.717, 1.165) is 62.8 Å². The molecule has 2 aliphatic rings. The Morgan fingerprint density at radius 2 is 2.07 bits per heavy atom. The normalized spacial score (nSPS) is 19.0. The van der Waals surface area contributed by atoms with E-state index < -0.39 is 6.10 Å². The van der Waals surface area contributed by atoms with Crippen molar-refractivity contribution in [1.29, 1.82) is 0 Å². The van der Waals surface area contributed by atoms with E-state index in [-0.39, 0.29) is 24.0 Å². The van der Waals surface area contributed by atoms with Crippen LogP contribution in [-0.2, 0) is 11.3 Å². The van der Waals surface area contributed by atoms with E-state index in [2.05, 4.69) is 33.1 Å². The third-order valence-corrected chi connectivity index (χ3v) is 5.35. The first-order chi connectivity index (χ1) is 13.6. The maximum Gasteiger partial charge on any atom is 0.194 e. The highest BCUT2D eigenvalue weighted by Gasteiger charge is 2.22. The van der Waals surface area contributed by atoms with Crippen LogP contribution in [-0.4, -0.2) is 79.5 Å². The zero-order valence-electron chi connectivity index (χ0n) is 17.2. The highest BCUT2D eigenvalue weighted by Crippen LogP contribution is 2.28. The van der Waals surface area contributed by atoms with Gasteiger partial charge in [-0.15, -0.1) is 24.0 Å². The fraction of sp³-hybridized carbons (Fsp3) is 0.667. The molecule has 0 spiro atoms. The highest BCUT2D eigenvalue weighted by atomic mass is 127. The quantitative estimate of drug-likeness (QED) is 0.289. The number of ether oxygens (including phenoxy) is 1. The van der Waals surface area contributed by atoms with E-state index in [9.17, 15) is 5.11 Å². The molecule has 1 aromatic carbocycles. The summed E-state index contributed by atoms with van der Waals surface area (Å²) >= 11 is 6.09. The maximum atomic E-state index is 10.1. The number of aliphatic imine (C=N–C) groups is 1. The van der Waals surface area contributed by atoms with Crippen molar-refractivity contribution in [3.63, 3.8) is 0 Å². The summed E-state index contributed by atoms with van der Waals surface area (Å²) < 4.78 is 5.57. The second-order valence-electron chi connectivity index (χ2n) is 7.72. The monoisotopic (exact) mass is 536 g/mol. The van der Waals surface area contributed by atoms with Crippen molar-refractivity contribution in [1.82, 2.24) is 15.1 Å². The van der Waals surface area contributed by atoms with Crippen LogP contribution in [0.4, 0.5) is 0 Å². The van der Waals surface area contributed by atoms with Gasteiger partial charge in [-0.3, -0.25) is 9.89 Å². The Morgan fingerprint density at radius 1 is 1.31 bits per heavy atom. The standard InChI is InChI=1S/C21H33ClN4O2.HI/c1-2-23-21(24-13-20(27)16-28-15-17-6-7-17)26-10-8-25(9-11-26)14-18-4-3-5-19(22)12-18;/h3-5,12,17,20,27H,2,6-11,13-16H2,1H3,(H,23,24);1H. The Balaban J connectivity index is 0.00000300. The predicted molar refractivity (Wildman–Crippen MR) is 129 cm³/mol. The van der Waals surface area contributed by atoms with Crippen LogP contribution in [0, 0.1) is 5.92 Å². The lowest BCUT2D eigenvalue weighted by Gasteiger charge is -2.36. The van der Waals surface area contributed by atoms with Gasteiger partial charge < -0.3 is 20.1 Å². The van der Waals surface area contributed by atoms with Crippen LogP contribution >= 0.6 is 35.6 Å². The minimum atomic E-state index is -0.545. The van der Waals surface area contributed by atoms with Crippen LogP contribution in [0.15, 0.2) is 29.3 Å². The van der Waals surface area contributed by atoms with Crippen molar-refractivity contribution in [2.24, 2.45) is 10.9 Å². The summed E-state index contributed by atoms with van der Waals surface area (Å²) in [5, 5.41) is 14.3. The van der Waals surface area contributed by atoms with Crippen molar-refractivity contribution in [3.8, 4) is 0 Å². The molecule has 2 fully saturated rings. The van der Waals surface area contributed by atoms with Crippen LogP contribution in [0.5, 0.6) is 0 Å². The molecule has 0 aromatic heterocycles. The van der Waals surface area contributed by atoms with E-state index in [1.807, 2.05) is 18.2 Å². The molecule has 1 unspecified atom stereocenters. The van der Waals surface area contributed by atoms with Crippen LogP contribution in [0.2, 0.25) is 5.02 Å². The fourth-order valence-corrected chi connectivity index (χ4v) is 3.55. The predicted octanol–water partition coefficient (Wildman–Crippen LogP) is 2.83. The number of nitrogens with zero attached hydrogens (tertiary/aromatic N) is 3. The molecule has 0 amide bonds. The molecule has 3 rings (SSSR count). The number of benzene rings is 1. The van der Waals surface area contributed by atoms with Crippen LogP contribution in [0.1, 0.15) is 25.3 Å². The number of hydrogen-bond donors (Lipinski definition) is 2. The topological polar surface area (TPSA) is 60.3 Å². The lowest BCUT2D eigenvalue weighted by Crippen LogP contribution is -2.52. The van der Waals surface area contributed by atoms with Crippen molar-refractivity contribution in [3.05, 3.63) is 34.9 Å². The molecule has 1 saturated heterocycles. The molecule has 29 heavy (non-hydrogen) atoms. The molecule has 1 aliphatic heterocycles. The lowest BCUT2D eigenvalue weighted by atomic mass is 10.2. The number of aliphatic hydroxyl groups excluding tert-OH is 1. The molecular formula is C21H34ClIN4O2. The van der Waals surface area contributed by atoms with Crippen molar-refractivity contribution in [2.45, 2.75) is 32.4 Å². The maximum absolute atomic E-state index is 10.1. The van der Waals surface area contributed by atoms with Gasteiger partial charge in [0.25, 0.3) is 0 Å². The molecule has 1 saturated carbocycles. The van der Waals surface area contributed by atoms with Gasteiger partial charge in [0.15, 0.2) is 5.96 Å². The van der Waals surface area contributed by atoms with Crippen LogP contribution in [0.3, 0.4) is 0 Å². The summed E-state index contributed by atoms with van der Waals surface area (Å²) in [7, 11) is 0. The second kappa shape index (κ2) is 12.9. The molecule has 0 bridgehead atoms. The Hall–Kier alpha value is -0.610. The average Bonchev–Trinajstić information content (AvgIpc) is 3.50. The van der Waals surface area contributed by atoms with Crippen molar-refractivity contribution >= 4 is 41.5 Å². The molecule has 6 nitrogen and oxygen atoms in total. The van der Waals surface area contributed by atoms with Crippen LogP contribution < -0.4 is 5.32 Å². The number of halogens is 2. The minimum Gasteiger partial charge on any atom is -0.389 e. The van der Waals surface area contributed by atoms with E-state index in [1.54, 1.807) is 0 Å². The Kier molecular flexibility index (Phi) is 11.0.